The Morgan fingerprint density at radius 1 is 1.27 bits per heavy atom. The predicted octanol–water partition coefficient (Wildman–Crippen LogP) is 1.54. The molecule has 0 bridgehead atoms. The molecule has 2 unspecified atom stereocenters. The maximum absolute atomic E-state index is 5.60. The number of rotatable bonds is 3. The Morgan fingerprint density at radius 2 is 1.91 bits per heavy atom. The van der Waals surface area contributed by atoms with Crippen molar-refractivity contribution in [1.29, 1.82) is 0 Å². The van der Waals surface area contributed by atoms with E-state index in [0.29, 0.717) is 12.2 Å². The number of hydrogen-bond donors (Lipinski definition) is 0. The van der Waals surface area contributed by atoms with Gasteiger partial charge in [0.25, 0.3) is 0 Å². The molecule has 1 fully saturated rings. The monoisotopic (exact) mass is 191 g/mol. The fourth-order valence-electron chi connectivity index (χ4n) is 1.41. The van der Waals surface area contributed by atoms with Gasteiger partial charge < -0.3 is 0 Å². The van der Waals surface area contributed by atoms with Gasteiger partial charge in [0, 0.05) is 0 Å². The molecule has 1 aliphatic rings. The summed E-state index contributed by atoms with van der Waals surface area (Å²) in [6.45, 7) is 3.71. The third-order valence-electron chi connectivity index (χ3n) is 1.99. The molecule has 2 atom stereocenters. The minimum absolute atomic E-state index is 0.351. The van der Waals surface area contributed by atoms with E-state index in [1.54, 1.807) is 0 Å². The van der Waals surface area contributed by atoms with Gasteiger partial charge >= 0.3 is 79.8 Å². The van der Waals surface area contributed by atoms with E-state index in [1.807, 2.05) is 0 Å². The molecule has 0 aromatic rings. The molecular weight excluding hydrogens is 176 g/mol. The van der Waals surface area contributed by atoms with Crippen LogP contribution in [0.3, 0.4) is 0 Å². The Morgan fingerprint density at radius 3 is 2.45 bits per heavy atom. The Labute approximate surface area is 80.0 Å². The van der Waals surface area contributed by atoms with Crippen LogP contribution in [0.2, 0.25) is 4.73 Å². The van der Waals surface area contributed by atoms with Crippen molar-refractivity contribution in [2.24, 2.45) is 0 Å². The maximum atomic E-state index is 5.60. The van der Waals surface area contributed by atoms with E-state index < -0.39 is 0 Å². The molecule has 0 amide bonds. The molecule has 0 N–H and O–H groups in total. The van der Waals surface area contributed by atoms with E-state index in [4.69, 9.17) is 9.47 Å². The Bertz CT molecular complexity index is 106. The van der Waals surface area contributed by atoms with Crippen LogP contribution in [-0.4, -0.2) is 25.4 Å². The molecule has 0 radical (unpaired) electrons. The fourth-order valence-corrected chi connectivity index (χ4v) is 1.85. The second-order valence-electron chi connectivity index (χ2n) is 2.77. The van der Waals surface area contributed by atoms with E-state index in [2.05, 4.69) is 27.4 Å². The summed E-state index contributed by atoms with van der Waals surface area (Å²) in [5.74, 6) is 0. The van der Waals surface area contributed by atoms with Crippen LogP contribution in [0.1, 0.15) is 19.8 Å². The molecule has 1 rings (SSSR count). The average molecular weight is 191 g/mol. The van der Waals surface area contributed by atoms with Crippen LogP contribution in [0.15, 0.2) is 0 Å². The van der Waals surface area contributed by atoms with Crippen molar-refractivity contribution in [3.05, 3.63) is 0 Å². The van der Waals surface area contributed by atoms with Gasteiger partial charge in [-0.2, -0.15) is 0 Å². The first kappa shape index (κ1) is 9.72. The molecule has 0 aromatic carbocycles. The molecule has 3 heteroatoms. The molecule has 0 aromatic heterocycles. The van der Waals surface area contributed by atoms with Crippen molar-refractivity contribution in [3.8, 4) is 0 Å². The van der Waals surface area contributed by atoms with Gasteiger partial charge in [-0.3, -0.25) is 0 Å². The van der Waals surface area contributed by atoms with Crippen molar-refractivity contribution in [3.63, 3.8) is 0 Å². The minimum atomic E-state index is 0.351. The number of hydrogen-bond acceptors (Lipinski definition) is 2. The summed E-state index contributed by atoms with van der Waals surface area (Å²) in [5.41, 5.74) is 0. The summed E-state index contributed by atoms with van der Waals surface area (Å²) < 4.78 is 12.3. The zero-order chi connectivity index (χ0) is 8.10. The third-order valence-corrected chi connectivity index (χ3v) is 2.44. The van der Waals surface area contributed by atoms with Crippen molar-refractivity contribution >= 4 is 0 Å². The molecule has 0 aliphatic carbocycles. The summed E-state index contributed by atoms with van der Waals surface area (Å²) in [7, 11) is 0. The van der Waals surface area contributed by atoms with Crippen molar-refractivity contribution in [1.82, 2.24) is 0 Å². The summed E-state index contributed by atoms with van der Waals surface area (Å²) in [5, 5.41) is 0. The van der Waals surface area contributed by atoms with Gasteiger partial charge in [-0.1, -0.05) is 0 Å². The first-order valence-corrected chi connectivity index (χ1v) is 5.36. The van der Waals surface area contributed by atoms with Gasteiger partial charge in [0.2, 0.25) is 0 Å². The second kappa shape index (κ2) is 5.31. The van der Waals surface area contributed by atoms with E-state index in [-0.39, 0.29) is 0 Å². The molecular formula is C8H15O2Ti. The first-order valence-electron chi connectivity index (χ1n) is 4.26. The van der Waals surface area contributed by atoms with Gasteiger partial charge in [0.1, 0.15) is 0 Å². The average Bonchev–Trinajstić information content (AvgIpc) is 2.06. The summed E-state index contributed by atoms with van der Waals surface area (Å²) in [6, 6.07) is 0. The van der Waals surface area contributed by atoms with E-state index in [9.17, 15) is 0 Å². The molecule has 2 nitrogen and oxygen atoms in total. The van der Waals surface area contributed by atoms with Crippen LogP contribution < -0.4 is 0 Å². The van der Waals surface area contributed by atoms with Crippen molar-refractivity contribution in [2.45, 2.75) is 36.7 Å². The summed E-state index contributed by atoms with van der Waals surface area (Å²) in [4.78, 5) is 0. The zero-order valence-electron chi connectivity index (χ0n) is 7.01. The van der Waals surface area contributed by atoms with Gasteiger partial charge in [0.05, 0.1) is 0 Å². The van der Waals surface area contributed by atoms with Gasteiger partial charge in [-0.05, 0) is 0 Å². The zero-order valence-corrected chi connectivity index (χ0v) is 8.57. The Hall–Kier alpha value is 0.634. The van der Waals surface area contributed by atoms with Gasteiger partial charge in [0.15, 0.2) is 0 Å². The number of ether oxygens (including phenoxy) is 2. The topological polar surface area (TPSA) is 18.5 Å². The van der Waals surface area contributed by atoms with Gasteiger partial charge in [-0.25, -0.2) is 0 Å². The molecule has 0 saturated carbocycles. The van der Waals surface area contributed by atoms with E-state index in [0.717, 1.165) is 26.1 Å². The first-order chi connectivity index (χ1) is 5.38. The summed E-state index contributed by atoms with van der Waals surface area (Å²) in [6.07, 6.45) is 2.92. The van der Waals surface area contributed by atoms with Crippen molar-refractivity contribution < 1.29 is 29.9 Å². The van der Waals surface area contributed by atoms with Crippen LogP contribution in [0.25, 0.3) is 0 Å². The third kappa shape index (κ3) is 2.87. The molecule has 63 valence electrons. The van der Waals surface area contributed by atoms with Crippen LogP contribution >= 0.6 is 0 Å². The van der Waals surface area contributed by atoms with Crippen LogP contribution in [0.4, 0.5) is 0 Å². The molecule has 1 heterocycles. The molecule has 1 saturated heterocycles. The summed E-state index contributed by atoms with van der Waals surface area (Å²) >= 11 is 2.19. The SMILES string of the molecule is CCC1OCCOC1C[CH2][Ti]. The van der Waals surface area contributed by atoms with Crippen LogP contribution in [0.5, 0.6) is 0 Å². The Balaban J connectivity index is 2.31. The van der Waals surface area contributed by atoms with E-state index >= 15 is 0 Å². The molecule has 0 spiro atoms. The Kier molecular flexibility index (Phi) is 4.69. The second-order valence-corrected chi connectivity index (χ2v) is 3.55. The molecule has 11 heavy (non-hydrogen) atoms. The fraction of sp³-hybridized carbons (Fsp3) is 1.00. The molecule has 1 aliphatic heterocycles. The van der Waals surface area contributed by atoms with Crippen LogP contribution in [-0.2, 0) is 29.9 Å². The quantitative estimate of drug-likeness (QED) is 0.630. The van der Waals surface area contributed by atoms with Gasteiger partial charge in [-0.15, -0.1) is 0 Å². The van der Waals surface area contributed by atoms with Crippen LogP contribution in [0, 0.1) is 0 Å². The van der Waals surface area contributed by atoms with E-state index in [1.165, 1.54) is 4.73 Å². The van der Waals surface area contributed by atoms with Crippen molar-refractivity contribution in [2.75, 3.05) is 13.2 Å². The normalized spacial score (nSPS) is 32.0. The standard InChI is InChI=1S/C8H15O2.Ti/c1-3-7-8(4-2)10-6-5-9-7;/h7-8H,1,3-6H2,2H3;. The predicted molar refractivity (Wildman–Crippen MR) is 39.2 cm³/mol.